The van der Waals surface area contributed by atoms with E-state index in [2.05, 4.69) is 56.1 Å². The van der Waals surface area contributed by atoms with Gasteiger partial charge in [0, 0.05) is 28.2 Å². The molecule has 62 valence electrons. The van der Waals surface area contributed by atoms with Gasteiger partial charge in [-0.1, -0.05) is 13.1 Å². The van der Waals surface area contributed by atoms with Crippen molar-refractivity contribution < 1.29 is 0 Å². The molecular weight excluding hydrogens is 142 g/mol. The molecular formula is C6H19N3Si. The average molecular weight is 161 g/mol. The maximum Gasteiger partial charge on any atom is 0.146 e. The normalized spacial score (nSPS) is 12.6. The Morgan fingerprint density at radius 2 is 1.10 bits per heavy atom. The summed E-state index contributed by atoms with van der Waals surface area (Å²) in [5.74, 6) is 0. The maximum atomic E-state index is 2.31. The molecule has 3 nitrogen and oxygen atoms in total. The molecule has 0 aromatic rings. The highest BCUT2D eigenvalue weighted by Crippen LogP contribution is 1.97. The van der Waals surface area contributed by atoms with Crippen molar-refractivity contribution in [2.24, 2.45) is 0 Å². The van der Waals surface area contributed by atoms with Gasteiger partial charge < -0.3 is 0 Å². The Bertz CT molecular complexity index is 74.0. The third-order valence-corrected chi connectivity index (χ3v) is 3.13. The predicted octanol–water partition coefficient (Wildman–Crippen LogP) is 0.225. The molecule has 0 aromatic carbocycles. The van der Waals surface area contributed by atoms with E-state index in [9.17, 15) is 0 Å². The molecule has 0 N–H and O–H groups in total. The minimum atomic E-state index is -0.716. The predicted molar refractivity (Wildman–Crippen MR) is 48.1 cm³/mol. The van der Waals surface area contributed by atoms with Gasteiger partial charge in [-0.2, -0.15) is 0 Å². The van der Waals surface area contributed by atoms with Crippen molar-refractivity contribution in [1.29, 1.82) is 0 Å². The summed E-state index contributed by atoms with van der Waals surface area (Å²) in [7, 11) is 7.59. The summed E-state index contributed by atoms with van der Waals surface area (Å²) < 4.78 is 0. The lowest BCUT2D eigenvalue weighted by Crippen LogP contribution is -2.52. The molecule has 0 bridgehead atoms. The van der Waals surface area contributed by atoms with Crippen molar-refractivity contribution in [2.45, 2.75) is 13.1 Å². The number of nitrogens with zero attached hydrogens (tertiary/aromatic N) is 3. The lowest BCUT2D eigenvalue weighted by Gasteiger charge is -2.37. The molecule has 0 heterocycles. The van der Waals surface area contributed by atoms with Crippen LogP contribution in [-0.4, -0.2) is 52.0 Å². The molecule has 0 aliphatic carbocycles. The fourth-order valence-corrected chi connectivity index (χ4v) is 3.13. The average Bonchev–Trinajstić information content (AvgIpc) is 1.59. The van der Waals surface area contributed by atoms with Crippen LogP contribution in [0.15, 0.2) is 0 Å². The van der Waals surface area contributed by atoms with Gasteiger partial charge in [0.2, 0.25) is 0 Å². The zero-order chi connectivity index (χ0) is 8.31. The SMILES string of the molecule is CN(C)N(N(C)C)[SiH](C)C. The largest absolute Gasteiger partial charge is 0.242 e. The Hall–Kier alpha value is 0.0969. The quantitative estimate of drug-likeness (QED) is 0.433. The minimum absolute atomic E-state index is 0.716. The smallest absolute Gasteiger partial charge is 0.146 e. The number of hydrogen-bond donors (Lipinski definition) is 0. The van der Waals surface area contributed by atoms with E-state index in [4.69, 9.17) is 0 Å². The summed E-state index contributed by atoms with van der Waals surface area (Å²) in [6.07, 6.45) is 0. The van der Waals surface area contributed by atoms with Crippen LogP contribution >= 0.6 is 0 Å². The standard InChI is InChI=1S/C6H19N3Si/c1-7(2)9(8(3)4)10(5)6/h10H,1-6H3. The van der Waals surface area contributed by atoms with E-state index in [-0.39, 0.29) is 0 Å². The topological polar surface area (TPSA) is 9.72 Å². The molecule has 0 spiro atoms. The molecule has 0 rings (SSSR count). The highest BCUT2D eigenvalue weighted by Gasteiger charge is 2.13. The monoisotopic (exact) mass is 161 g/mol. The van der Waals surface area contributed by atoms with Crippen LogP contribution in [0, 0.1) is 0 Å². The number of hydrazine groups is 2. The van der Waals surface area contributed by atoms with Gasteiger partial charge in [0.1, 0.15) is 8.96 Å². The molecule has 0 radical (unpaired) electrons. The van der Waals surface area contributed by atoms with E-state index in [0.29, 0.717) is 0 Å². The number of rotatable bonds is 3. The molecule has 10 heavy (non-hydrogen) atoms. The van der Waals surface area contributed by atoms with Gasteiger partial charge in [-0.3, -0.25) is 0 Å². The fourth-order valence-electron chi connectivity index (χ4n) is 1.28. The van der Waals surface area contributed by atoms with Crippen LogP contribution < -0.4 is 0 Å². The van der Waals surface area contributed by atoms with Crippen LogP contribution in [0.5, 0.6) is 0 Å². The van der Waals surface area contributed by atoms with E-state index < -0.39 is 8.96 Å². The van der Waals surface area contributed by atoms with Gasteiger partial charge in [-0.15, -0.1) is 0 Å². The van der Waals surface area contributed by atoms with Crippen molar-refractivity contribution in [3.05, 3.63) is 0 Å². The second-order valence-electron chi connectivity index (χ2n) is 3.11. The van der Waals surface area contributed by atoms with E-state index in [0.717, 1.165) is 0 Å². The molecule has 0 unspecified atom stereocenters. The van der Waals surface area contributed by atoms with Gasteiger partial charge >= 0.3 is 0 Å². The zero-order valence-corrected chi connectivity index (χ0v) is 9.07. The van der Waals surface area contributed by atoms with Crippen LogP contribution in [0.1, 0.15) is 0 Å². The Balaban J connectivity index is 3.98. The summed E-state index contributed by atoms with van der Waals surface area (Å²) in [6.45, 7) is 4.61. The third-order valence-electron chi connectivity index (χ3n) is 1.28. The Morgan fingerprint density at radius 3 is 1.10 bits per heavy atom. The van der Waals surface area contributed by atoms with Crippen molar-refractivity contribution in [3.8, 4) is 0 Å². The minimum Gasteiger partial charge on any atom is -0.242 e. The molecule has 0 amide bonds. The van der Waals surface area contributed by atoms with Crippen molar-refractivity contribution in [2.75, 3.05) is 28.2 Å². The highest BCUT2D eigenvalue weighted by atomic mass is 28.3. The fraction of sp³-hybridized carbons (Fsp3) is 1.00. The molecule has 0 aliphatic heterocycles. The van der Waals surface area contributed by atoms with E-state index >= 15 is 0 Å². The molecule has 0 saturated heterocycles. The van der Waals surface area contributed by atoms with Crippen LogP contribution in [0.2, 0.25) is 13.1 Å². The van der Waals surface area contributed by atoms with E-state index in [1.165, 1.54) is 0 Å². The maximum absolute atomic E-state index is 2.31. The van der Waals surface area contributed by atoms with E-state index in [1.807, 2.05) is 0 Å². The first kappa shape index (κ1) is 10.1. The Kier molecular flexibility index (Phi) is 4.11. The number of hydrogen-bond acceptors (Lipinski definition) is 3. The second-order valence-corrected chi connectivity index (χ2v) is 5.76. The van der Waals surface area contributed by atoms with Crippen LogP contribution in [0.3, 0.4) is 0 Å². The van der Waals surface area contributed by atoms with Crippen LogP contribution in [0.4, 0.5) is 0 Å². The Morgan fingerprint density at radius 1 is 0.800 bits per heavy atom. The summed E-state index contributed by atoms with van der Waals surface area (Å²) in [6, 6.07) is 0. The van der Waals surface area contributed by atoms with Gasteiger partial charge in [0.05, 0.1) is 0 Å². The van der Waals surface area contributed by atoms with Gasteiger partial charge in [-0.25, -0.2) is 14.8 Å². The van der Waals surface area contributed by atoms with Crippen molar-refractivity contribution in [3.63, 3.8) is 0 Å². The summed E-state index contributed by atoms with van der Waals surface area (Å²) in [4.78, 5) is 2.31. The summed E-state index contributed by atoms with van der Waals surface area (Å²) >= 11 is 0. The summed E-state index contributed by atoms with van der Waals surface area (Å²) in [5, 5.41) is 4.27. The molecule has 0 aliphatic rings. The van der Waals surface area contributed by atoms with E-state index in [1.54, 1.807) is 0 Å². The van der Waals surface area contributed by atoms with Gasteiger partial charge in [0.15, 0.2) is 0 Å². The van der Waals surface area contributed by atoms with Gasteiger partial charge in [0.25, 0.3) is 0 Å². The third kappa shape index (κ3) is 2.79. The zero-order valence-electron chi connectivity index (χ0n) is 7.92. The van der Waals surface area contributed by atoms with Crippen LogP contribution in [-0.2, 0) is 0 Å². The molecule has 4 heteroatoms. The van der Waals surface area contributed by atoms with Gasteiger partial charge in [-0.05, 0) is 0 Å². The van der Waals surface area contributed by atoms with Crippen LogP contribution in [0.25, 0.3) is 0 Å². The first-order valence-corrected chi connectivity index (χ1v) is 6.43. The lowest BCUT2D eigenvalue weighted by molar-refractivity contribution is -0.0522. The molecule has 0 saturated carbocycles. The van der Waals surface area contributed by atoms with Crippen molar-refractivity contribution >= 4 is 8.96 Å². The molecule has 0 fully saturated rings. The summed E-state index contributed by atoms with van der Waals surface area (Å²) in [5.41, 5.74) is 0. The second kappa shape index (κ2) is 4.08. The molecule has 0 aromatic heterocycles. The highest BCUT2D eigenvalue weighted by molar-refractivity contribution is 6.52. The van der Waals surface area contributed by atoms with Crippen molar-refractivity contribution in [1.82, 2.24) is 14.8 Å². The molecule has 0 atom stereocenters. The lowest BCUT2D eigenvalue weighted by atomic mass is 11.1. The Labute approximate surface area is 65.8 Å². The first-order valence-electron chi connectivity index (χ1n) is 3.60. The first-order chi connectivity index (χ1) is 4.46.